The van der Waals surface area contributed by atoms with Gasteiger partial charge in [-0.25, -0.2) is 19.2 Å². The van der Waals surface area contributed by atoms with Gasteiger partial charge >= 0.3 is 36.5 Å². The smallest absolute Gasteiger partial charge is 0.494 e. The molecule has 0 saturated carbocycles. The molecule has 0 atom stereocenters. The maximum absolute atomic E-state index is 14.6. The van der Waals surface area contributed by atoms with Crippen LogP contribution >= 0.6 is 0 Å². The minimum Gasteiger partial charge on any atom is -0.494 e. The van der Waals surface area contributed by atoms with Crippen molar-refractivity contribution in [2.75, 3.05) is 26.4 Å². The number of hydrogen-bond acceptors (Lipinski definition) is 14. The van der Waals surface area contributed by atoms with Gasteiger partial charge < -0.3 is 47.4 Å². The quantitative estimate of drug-likeness (QED) is 0.0292. The van der Waals surface area contributed by atoms with E-state index in [2.05, 4.69) is 22.6 Å². The summed E-state index contributed by atoms with van der Waals surface area (Å²) in [5, 5.41) is 0. The molecule has 0 N–H and O–H groups in total. The molecule has 0 radical (unpaired) electrons. The predicted octanol–water partition coefficient (Wildman–Crippen LogP) is 8.21. The molecule has 314 valence electrons. The van der Waals surface area contributed by atoms with Crippen molar-refractivity contribution < 1.29 is 84.1 Å². The van der Waals surface area contributed by atoms with Crippen LogP contribution in [0.15, 0.2) is 98.1 Å². The minimum atomic E-state index is -4.26. The summed E-state index contributed by atoms with van der Waals surface area (Å²) >= 11 is 0. The summed E-state index contributed by atoms with van der Waals surface area (Å²) in [5.41, 5.74) is -0.489. The summed E-state index contributed by atoms with van der Waals surface area (Å²) in [6.07, 6.45) is -4.15. The SMILES string of the molecule is C=CC(=O)OCCCCOc1ccc(C(=O)Oc2ccc(-c3ccc(OC(=O)c4ccc(OCCCCOC(=O)C=C)cc4)c4c3OC(F)(F)O4)c3c2OC(F)(F)O3)cc1. The van der Waals surface area contributed by atoms with E-state index in [0.29, 0.717) is 50.4 Å². The fourth-order valence-electron chi connectivity index (χ4n) is 5.53. The second kappa shape index (κ2) is 18.6. The van der Waals surface area contributed by atoms with E-state index in [-0.39, 0.29) is 35.5 Å². The van der Waals surface area contributed by atoms with Gasteiger partial charge in [-0.15, -0.1) is 17.6 Å². The molecule has 60 heavy (non-hydrogen) atoms. The third kappa shape index (κ3) is 10.6. The average molecular weight is 839 g/mol. The van der Waals surface area contributed by atoms with Crippen LogP contribution in [0.25, 0.3) is 11.1 Å². The van der Waals surface area contributed by atoms with E-state index in [1.807, 2.05) is 0 Å². The highest BCUT2D eigenvalue weighted by atomic mass is 19.3. The van der Waals surface area contributed by atoms with Crippen molar-refractivity contribution in [3.63, 3.8) is 0 Å². The van der Waals surface area contributed by atoms with Crippen LogP contribution < -0.4 is 37.9 Å². The molecular weight excluding hydrogens is 804 g/mol. The molecule has 0 bridgehead atoms. The van der Waals surface area contributed by atoms with E-state index < -0.39 is 71.0 Å². The fourth-order valence-corrected chi connectivity index (χ4v) is 5.53. The molecule has 4 aromatic carbocycles. The van der Waals surface area contributed by atoms with E-state index >= 15 is 0 Å². The Morgan fingerprint density at radius 2 is 0.850 bits per heavy atom. The summed E-state index contributed by atoms with van der Waals surface area (Å²) in [7, 11) is 0. The first-order valence-electron chi connectivity index (χ1n) is 18.1. The van der Waals surface area contributed by atoms with Gasteiger partial charge in [-0.3, -0.25) is 0 Å². The van der Waals surface area contributed by atoms with Gasteiger partial charge in [-0.05, 0) is 98.5 Å². The lowest BCUT2D eigenvalue weighted by Gasteiger charge is -2.13. The summed E-state index contributed by atoms with van der Waals surface area (Å²) in [4.78, 5) is 48.3. The van der Waals surface area contributed by atoms with E-state index in [1.165, 1.54) is 48.5 Å². The van der Waals surface area contributed by atoms with Crippen LogP contribution in [0, 0.1) is 0 Å². The zero-order valence-electron chi connectivity index (χ0n) is 31.4. The minimum absolute atomic E-state index is 0.0135. The van der Waals surface area contributed by atoms with Crippen molar-refractivity contribution in [1.82, 2.24) is 0 Å². The lowest BCUT2D eigenvalue weighted by Crippen LogP contribution is -2.26. The van der Waals surface area contributed by atoms with E-state index in [1.54, 1.807) is 0 Å². The van der Waals surface area contributed by atoms with Gasteiger partial charge in [-0.1, -0.05) is 13.2 Å². The molecule has 4 aromatic rings. The number of alkyl halides is 4. The number of carbonyl (C=O) groups is 4. The van der Waals surface area contributed by atoms with Crippen LogP contribution in [-0.4, -0.2) is 62.9 Å². The number of ether oxygens (including phenoxy) is 10. The number of unbranched alkanes of at least 4 members (excludes halogenated alkanes) is 2. The molecule has 0 aromatic heterocycles. The Bertz CT molecular complexity index is 2100. The van der Waals surface area contributed by atoms with Crippen molar-refractivity contribution in [3.05, 3.63) is 109 Å². The largest absolute Gasteiger partial charge is 0.586 e. The van der Waals surface area contributed by atoms with Gasteiger partial charge in [0, 0.05) is 23.3 Å². The molecule has 2 aliphatic heterocycles. The van der Waals surface area contributed by atoms with Crippen LogP contribution in [0.3, 0.4) is 0 Å². The Morgan fingerprint density at radius 1 is 0.500 bits per heavy atom. The highest BCUT2D eigenvalue weighted by molar-refractivity contribution is 5.94. The molecule has 18 heteroatoms. The topological polar surface area (TPSA) is 161 Å². The molecule has 2 aliphatic rings. The monoisotopic (exact) mass is 838 g/mol. The predicted molar refractivity (Wildman–Crippen MR) is 199 cm³/mol. The van der Waals surface area contributed by atoms with Crippen LogP contribution in [-0.2, 0) is 19.1 Å². The summed E-state index contributed by atoms with van der Waals surface area (Å²) < 4.78 is 109. The summed E-state index contributed by atoms with van der Waals surface area (Å²) in [5.74, 6) is -5.93. The number of benzene rings is 4. The molecule has 6 rings (SSSR count). The summed E-state index contributed by atoms with van der Waals surface area (Å²) in [6, 6.07) is 15.9. The van der Waals surface area contributed by atoms with Gasteiger partial charge in [0.05, 0.1) is 37.6 Å². The number of hydrogen-bond donors (Lipinski definition) is 0. The fraction of sp³-hybridized carbons (Fsp3) is 0.238. The van der Waals surface area contributed by atoms with E-state index in [9.17, 15) is 36.7 Å². The second-order valence-corrected chi connectivity index (χ2v) is 12.6. The van der Waals surface area contributed by atoms with E-state index in [4.69, 9.17) is 37.9 Å². The first-order valence-corrected chi connectivity index (χ1v) is 18.1. The zero-order valence-corrected chi connectivity index (χ0v) is 31.4. The van der Waals surface area contributed by atoms with Gasteiger partial charge in [0.25, 0.3) is 0 Å². The molecule has 0 spiro atoms. The maximum atomic E-state index is 14.6. The molecule has 0 amide bonds. The van der Waals surface area contributed by atoms with Crippen molar-refractivity contribution >= 4 is 23.9 Å². The Morgan fingerprint density at radius 3 is 1.22 bits per heavy atom. The van der Waals surface area contributed by atoms with Crippen molar-refractivity contribution in [2.24, 2.45) is 0 Å². The van der Waals surface area contributed by atoms with Crippen molar-refractivity contribution in [2.45, 2.75) is 38.3 Å². The van der Waals surface area contributed by atoms with Gasteiger partial charge in [0.15, 0.2) is 23.0 Å². The molecule has 14 nitrogen and oxygen atoms in total. The number of rotatable bonds is 19. The average Bonchev–Trinajstić information content (AvgIpc) is 3.75. The lowest BCUT2D eigenvalue weighted by atomic mass is 10.0. The standard InChI is InChI=1S/C42H34F4O14/c1-3-33(47)53-23-7-5-21-51-27-13-9-25(10-14-27)39(49)55-31-19-17-29(35-37(31)59-41(43,44)57-35)30-18-20-32(38-36(30)58-42(45,46)60-38)56-40(50)26-11-15-28(16-12-26)52-22-6-8-24-54-34(48)4-2/h3-4,9-20H,1-2,5-8,21-24H2. The maximum Gasteiger partial charge on any atom is 0.586 e. The van der Waals surface area contributed by atoms with E-state index in [0.717, 1.165) is 36.4 Å². The van der Waals surface area contributed by atoms with Crippen LogP contribution in [0.4, 0.5) is 17.6 Å². The third-order valence-corrected chi connectivity index (χ3v) is 8.35. The van der Waals surface area contributed by atoms with Crippen LogP contribution in [0.2, 0.25) is 0 Å². The molecule has 0 aliphatic carbocycles. The summed E-state index contributed by atoms with van der Waals surface area (Å²) in [6.45, 7) is 7.61. The number of halogens is 4. The van der Waals surface area contributed by atoms with Gasteiger partial charge in [0.2, 0.25) is 11.5 Å². The number of carbonyl (C=O) groups excluding carboxylic acids is 4. The second-order valence-electron chi connectivity index (χ2n) is 12.6. The van der Waals surface area contributed by atoms with Crippen molar-refractivity contribution in [1.29, 1.82) is 0 Å². The van der Waals surface area contributed by atoms with Gasteiger partial charge in [0.1, 0.15) is 11.5 Å². The van der Waals surface area contributed by atoms with Crippen molar-refractivity contribution in [3.8, 4) is 57.1 Å². The Kier molecular flexibility index (Phi) is 13.1. The highest BCUT2D eigenvalue weighted by Crippen LogP contribution is 2.58. The Balaban J connectivity index is 1.13. The Hall–Kier alpha value is -7.24. The third-order valence-electron chi connectivity index (χ3n) is 8.35. The van der Waals surface area contributed by atoms with Crippen LogP contribution in [0.1, 0.15) is 46.4 Å². The first-order chi connectivity index (χ1) is 28.8. The highest BCUT2D eigenvalue weighted by Gasteiger charge is 2.50. The molecule has 0 unspecified atom stereocenters. The normalized spacial score (nSPS) is 13.7. The molecule has 0 fully saturated rings. The van der Waals surface area contributed by atoms with Crippen LogP contribution in [0.5, 0.6) is 46.0 Å². The molecule has 0 saturated heterocycles. The number of esters is 4. The lowest BCUT2D eigenvalue weighted by molar-refractivity contribution is -0.288. The molecule has 2 heterocycles. The zero-order chi connectivity index (χ0) is 42.9. The number of fused-ring (bicyclic) bond motifs is 2. The molecular formula is C42H34F4O14. The van der Waals surface area contributed by atoms with Gasteiger partial charge in [-0.2, -0.15) is 0 Å². The first kappa shape index (κ1) is 42.4. The Labute approximate surface area is 338 Å².